The summed E-state index contributed by atoms with van der Waals surface area (Å²) in [4.78, 5) is 24.4. The first kappa shape index (κ1) is 54.3. The largest absolute Gasteiger partial charge is 0.466 e. The average Bonchev–Trinajstić information content (AvgIpc) is 3.20. The van der Waals surface area contributed by atoms with Gasteiger partial charge in [-0.15, -0.1) is 0 Å². The highest BCUT2D eigenvalue weighted by Gasteiger charge is 2.20. The summed E-state index contributed by atoms with van der Waals surface area (Å²) in [5.74, 6) is -0.118. The standard InChI is InChI=1S/C50H95NO5/c1-3-5-7-9-11-13-15-16-17-18-19-20-21-23-26-30-34-38-42-48(53)47(46-52)51-49(54)43-39-35-31-27-24-25-29-33-37-41-45-56-50(55)44-40-36-32-28-22-14-12-10-8-6-4-2/h10,12,25,29,47-48,52-53H,3-9,11,13-24,26-28,30-46H2,1-2H3,(H,51,54)/b12-10-,29-25-. The van der Waals surface area contributed by atoms with Gasteiger partial charge in [-0.3, -0.25) is 9.59 Å². The van der Waals surface area contributed by atoms with Gasteiger partial charge in [-0.1, -0.05) is 199 Å². The molecule has 0 aliphatic heterocycles. The summed E-state index contributed by atoms with van der Waals surface area (Å²) in [7, 11) is 0. The molecule has 0 spiro atoms. The summed E-state index contributed by atoms with van der Waals surface area (Å²) in [5.41, 5.74) is 0. The maximum atomic E-state index is 12.4. The van der Waals surface area contributed by atoms with E-state index in [0.717, 1.165) is 77.0 Å². The monoisotopic (exact) mass is 790 g/mol. The Morgan fingerprint density at radius 2 is 0.857 bits per heavy atom. The maximum absolute atomic E-state index is 12.4. The highest BCUT2D eigenvalue weighted by molar-refractivity contribution is 5.76. The molecule has 0 aliphatic rings. The second-order valence-corrected chi connectivity index (χ2v) is 16.8. The predicted molar refractivity (Wildman–Crippen MR) is 241 cm³/mol. The summed E-state index contributed by atoms with van der Waals surface area (Å²) < 4.78 is 5.40. The highest BCUT2D eigenvalue weighted by Crippen LogP contribution is 2.16. The van der Waals surface area contributed by atoms with Gasteiger partial charge in [0.2, 0.25) is 5.91 Å². The van der Waals surface area contributed by atoms with Crippen molar-refractivity contribution in [3.8, 4) is 0 Å². The number of esters is 1. The van der Waals surface area contributed by atoms with Gasteiger partial charge in [-0.2, -0.15) is 0 Å². The van der Waals surface area contributed by atoms with Gasteiger partial charge >= 0.3 is 5.97 Å². The van der Waals surface area contributed by atoms with Gasteiger partial charge in [0.15, 0.2) is 0 Å². The Morgan fingerprint density at radius 3 is 1.32 bits per heavy atom. The number of amides is 1. The summed E-state index contributed by atoms with van der Waals surface area (Å²) in [6.45, 7) is 4.82. The molecule has 0 rings (SSSR count). The van der Waals surface area contributed by atoms with Crippen LogP contribution in [0.25, 0.3) is 0 Å². The number of aliphatic hydroxyl groups is 2. The zero-order chi connectivity index (χ0) is 40.8. The predicted octanol–water partition coefficient (Wildman–Crippen LogP) is 14.3. The first-order chi connectivity index (χ1) is 27.5. The van der Waals surface area contributed by atoms with Gasteiger partial charge in [0.25, 0.3) is 0 Å². The number of allylic oxidation sites excluding steroid dienone is 4. The van der Waals surface area contributed by atoms with E-state index < -0.39 is 12.1 Å². The minimum atomic E-state index is -0.686. The van der Waals surface area contributed by atoms with Crippen molar-refractivity contribution < 1.29 is 24.5 Å². The number of aliphatic hydroxyl groups excluding tert-OH is 2. The fourth-order valence-corrected chi connectivity index (χ4v) is 7.38. The molecule has 0 radical (unpaired) electrons. The maximum Gasteiger partial charge on any atom is 0.305 e. The Bertz CT molecular complexity index is 874. The van der Waals surface area contributed by atoms with Crippen LogP contribution in [-0.4, -0.2) is 47.4 Å². The highest BCUT2D eigenvalue weighted by atomic mass is 16.5. The topological polar surface area (TPSA) is 95.9 Å². The lowest BCUT2D eigenvalue weighted by Gasteiger charge is -2.22. The van der Waals surface area contributed by atoms with E-state index in [1.807, 2.05) is 0 Å². The third-order valence-corrected chi connectivity index (χ3v) is 11.2. The van der Waals surface area contributed by atoms with Crippen LogP contribution in [0.15, 0.2) is 24.3 Å². The van der Waals surface area contributed by atoms with Gasteiger partial charge in [0.1, 0.15) is 0 Å². The van der Waals surface area contributed by atoms with Gasteiger partial charge < -0.3 is 20.3 Å². The smallest absolute Gasteiger partial charge is 0.305 e. The second kappa shape index (κ2) is 46.0. The number of ether oxygens (including phenoxy) is 1. The Balaban J connectivity index is 3.55. The summed E-state index contributed by atoms with van der Waals surface area (Å²) in [5, 5.41) is 23.2. The van der Waals surface area contributed by atoms with Crippen LogP contribution in [0.1, 0.15) is 258 Å². The number of rotatable bonds is 45. The van der Waals surface area contributed by atoms with E-state index in [2.05, 4.69) is 43.5 Å². The van der Waals surface area contributed by atoms with E-state index in [9.17, 15) is 19.8 Å². The lowest BCUT2D eigenvalue weighted by Crippen LogP contribution is -2.45. The molecule has 0 aliphatic carbocycles. The van der Waals surface area contributed by atoms with Gasteiger partial charge in [0, 0.05) is 12.8 Å². The number of unbranched alkanes of at least 4 members (excludes halogenated alkanes) is 30. The van der Waals surface area contributed by atoms with Crippen molar-refractivity contribution in [1.29, 1.82) is 0 Å². The molecule has 0 heterocycles. The molecule has 0 aromatic carbocycles. The van der Waals surface area contributed by atoms with Crippen molar-refractivity contribution in [3.63, 3.8) is 0 Å². The lowest BCUT2D eigenvalue weighted by molar-refractivity contribution is -0.143. The third kappa shape index (κ3) is 42.0. The number of carbonyl (C=O) groups excluding carboxylic acids is 2. The normalized spacial score (nSPS) is 12.9. The Labute approximate surface area is 348 Å². The van der Waals surface area contributed by atoms with E-state index in [1.54, 1.807) is 0 Å². The fourth-order valence-electron chi connectivity index (χ4n) is 7.38. The van der Waals surface area contributed by atoms with Crippen molar-refractivity contribution in [1.82, 2.24) is 5.32 Å². The minimum Gasteiger partial charge on any atom is -0.466 e. The van der Waals surface area contributed by atoms with Crippen molar-refractivity contribution >= 4 is 11.9 Å². The summed E-state index contributed by atoms with van der Waals surface area (Å²) in [6.07, 6.45) is 52.9. The van der Waals surface area contributed by atoms with Crippen LogP contribution in [0.3, 0.4) is 0 Å². The van der Waals surface area contributed by atoms with E-state index >= 15 is 0 Å². The molecule has 0 aromatic heterocycles. The van der Waals surface area contributed by atoms with Crippen molar-refractivity contribution in [2.24, 2.45) is 0 Å². The molecular formula is C50H95NO5. The molecule has 0 bridgehead atoms. The van der Waals surface area contributed by atoms with E-state index in [4.69, 9.17) is 4.74 Å². The molecule has 6 nitrogen and oxygen atoms in total. The van der Waals surface area contributed by atoms with Crippen LogP contribution in [-0.2, 0) is 14.3 Å². The molecule has 1 amide bonds. The molecule has 2 atom stereocenters. The number of hydrogen-bond acceptors (Lipinski definition) is 5. The molecule has 330 valence electrons. The number of carbonyl (C=O) groups is 2. The minimum absolute atomic E-state index is 0.0475. The molecule has 0 saturated heterocycles. The van der Waals surface area contributed by atoms with Crippen LogP contribution in [0, 0.1) is 0 Å². The number of hydrogen-bond donors (Lipinski definition) is 3. The molecule has 0 aromatic rings. The van der Waals surface area contributed by atoms with Crippen LogP contribution < -0.4 is 5.32 Å². The lowest BCUT2D eigenvalue weighted by atomic mass is 10.0. The molecule has 0 fully saturated rings. The van der Waals surface area contributed by atoms with Crippen LogP contribution in [0.4, 0.5) is 0 Å². The van der Waals surface area contributed by atoms with E-state index in [1.165, 1.54) is 148 Å². The quantitative estimate of drug-likeness (QED) is 0.0324. The Hall–Kier alpha value is -1.66. The van der Waals surface area contributed by atoms with Gasteiger partial charge in [0.05, 0.1) is 25.4 Å². The van der Waals surface area contributed by atoms with Gasteiger partial charge in [-0.25, -0.2) is 0 Å². The molecule has 6 heteroatoms. The Morgan fingerprint density at radius 1 is 0.482 bits per heavy atom. The zero-order valence-electron chi connectivity index (χ0n) is 37.4. The van der Waals surface area contributed by atoms with E-state index in [0.29, 0.717) is 25.9 Å². The Kier molecular flexibility index (Phi) is 44.7. The van der Waals surface area contributed by atoms with Crippen molar-refractivity contribution in [2.75, 3.05) is 13.2 Å². The fraction of sp³-hybridized carbons (Fsp3) is 0.880. The molecular weight excluding hydrogens is 695 g/mol. The third-order valence-electron chi connectivity index (χ3n) is 11.2. The average molecular weight is 790 g/mol. The van der Waals surface area contributed by atoms with Crippen molar-refractivity contribution in [2.45, 2.75) is 270 Å². The summed E-state index contributed by atoms with van der Waals surface area (Å²) >= 11 is 0. The zero-order valence-corrected chi connectivity index (χ0v) is 37.4. The SMILES string of the molecule is CCCC/C=C\CCCCCCCC(=O)OCCCC/C=C\CCCCCCC(=O)NC(CO)C(O)CCCCCCCCCCCCCCCCCCCC. The van der Waals surface area contributed by atoms with Crippen LogP contribution in [0.5, 0.6) is 0 Å². The summed E-state index contributed by atoms with van der Waals surface area (Å²) in [6, 6.07) is -0.567. The molecule has 0 saturated carbocycles. The first-order valence-electron chi connectivity index (χ1n) is 24.6. The second-order valence-electron chi connectivity index (χ2n) is 16.8. The molecule has 3 N–H and O–H groups in total. The van der Waals surface area contributed by atoms with Crippen molar-refractivity contribution in [3.05, 3.63) is 24.3 Å². The van der Waals surface area contributed by atoms with E-state index in [-0.39, 0.29) is 18.5 Å². The molecule has 56 heavy (non-hydrogen) atoms. The van der Waals surface area contributed by atoms with Crippen LogP contribution >= 0.6 is 0 Å². The number of nitrogens with one attached hydrogen (secondary N) is 1. The van der Waals surface area contributed by atoms with Crippen LogP contribution in [0.2, 0.25) is 0 Å². The van der Waals surface area contributed by atoms with Gasteiger partial charge in [-0.05, 0) is 70.6 Å². The molecule has 2 unspecified atom stereocenters. The first-order valence-corrected chi connectivity index (χ1v) is 24.6.